The van der Waals surface area contributed by atoms with Crippen LogP contribution in [0.4, 0.5) is 0 Å². The summed E-state index contributed by atoms with van der Waals surface area (Å²) in [6.45, 7) is 0. The zero-order chi connectivity index (χ0) is 7.40. The molecule has 0 unspecified atom stereocenters. The molecule has 0 aromatic heterocycles. The summed E-state index contributed by atoms with van der Waals surface area (Å²) in [4.78, 5) is 0. The maximum Gasteiger partial charge on any atom is 0.109 e. The second kappa shape index (κ2) is 3.24. The third kappa shape index (κ3) is 1.75. The molecule has 2 rings (SSSR count). The predicted molar refractivity (Wildman–Crippen MR) is 41.8 cm³/mol. The van der Waals surface area contributed by atoms with Gasteiger partial charge in [-0.25, -0.2) is 0 Å². The van der Waals surface area contributed by atoms with Gasteiger partial charge in [-0.15, -0.1) is 11.6 Å². The quantitative estimate of drug-likeness (QED) is 0.531. The summed E-state index contributed by atoms with van der Waals surface area (Å²) in [5, 5.41) is 7.49. The Morgan fingerprint density at radius 2 is 1.90 bits per heavy atom. The van der Waals surface area contributed by atoms with Crippen molar-refractivity contribution in [1.29, 1.82) is 5.26 Å². The minimum absolute atomic E-state index is 0.0972. The summed E-state index contributed by atoms with van der Waals surface area (Å²) >= 11 is 4.82. The molecule has 0 radical (unpaired) electrons. The van der Waals surface area contributed by atoms with Gasteiger partial charge in [0.05, 0.1) is 6.07 Å². The molecule has 0 N–H and O–H groups in total. The molecule has 0 heterocycles. The molecule has 0 fully saturated rings. The van der Waals surface area contributed by atoms with Crippen molar-refractivity contribution in [1.82, 2.24) is 0 Å². The molecule has 50 valence electrons. The molecular weight excluding hydrogens is 146 g/mol. The first kappa shape index (κ1) is 7.11. The zero-order valence-corrected chi connectivity index (χ0v) is 6.10. The second-order valence-electron chi connectivity index (χ2n) is 1.87. The van der Waals surface area contributed by atoms with E-state index in [9.17, 15) is 0 Å². The topological polar surface area (TPSA) is 23.8 Å². The van der Waals surface area contributed by atoms with Crippen LogP contribution in [0.5, 0.6) is 0 Å². The van der Waals surface area contributed by atoms with E-state index < -0.39 is 0 Å². The lowest BCUT2D eigenvalue weighted by molar-refractivity contribution is 1.49. The van der Waals surface area contributed by atoms with Crippen LogP contribution in [0.25, 0.3) is 11.1 Å². The van der Waals surface area contributed by atoms with Crippen molar-refractivity contribution in [2.45, 2.75) is 0 Å². The average Bonchev–Trinajstić information content (AvgIpc) is 2.60. The lowest BCUT2D eigenvalue weighted by Crippen LogP contribution is -1.47. The first-order valence-corrected chi connectivity index (χ1v) is 3.45. The van der Waals surface area contributed by atoms with E-state index in [-0.39, 0.29) is 5.88 Å². The summed E-state index contributed by atoms with van der Waals surface area (Å²) in [6.07, 6.45) is 0. The molecule has 1 nitrogen and oxygen atoms in total. The van der Waals surface area contributed by atoms with Gasteiger partial charge in [-0.05, 0) is 17.2 Å². The van der Waals surface area contributed by atoms with Crippen molar-refractivity contribution in [2.75, 3.05) is 5.88 Å². The average molecular weight is 152 g/mol. The molecule has 0 amide bonds. The van der Waals surface area contributed by atoms with E-state index in [1.54, 1.807) is 6.07 Å². The molecule has 0 saturated heterocycles. The van der Waals surface area contributed by atoms with Crippen molar-refractivity contribution in [2.24, 2.45) is 0 Å². The molecule has 0 aliphatic heterocycles. The lowest BCUT2D eigenvalue weighted by atomic mass is 10.6. The SMILES string of the molecule is N#CCCl.c1cc2cc-2c1. The molecule has 0 aromatic rings. The van der Waals surface area contributed by atoms with E-state index in [4.69, 9.17) is 16.9 Å². The van der Waals surface area contributed by atoms with Gasteiger partial charge in [-0.1, -0.05) is 18.2 Å². The maximum atomic E-state index is 7.49. The number of benzene rings is 1. The van der Waals surface area contributed by atoms with Crippen molar-refractivity contribution in [3.05, 3.63) is 24.3 Å². The largest absolute Gasteiger partial charge is 0.197 e. The number of hydrogen-bond acceptors (Lipinski definition) is 1. The van der Waals surface area contributed by atoms with Crippen LogP contribution in [0.1, 0.15) is 0 Å². The van der Waals surface area contributed by atoms with Crippen LogP contribution in [-0.2, 0) is 0 Å². The number of alkyl halides is 1. The van der Waals surface area contributed by atoms with Crippen LogP contribution in [0.2, 0.25) is 0 Å². The predicted octanol–water partition coefficient (Wildman–Crippen LogP) is 2.42. The van der Waals surface area contributed by atoms with E-state index in [0.29, 0.717) is 0 Å². The van der Waals surface area contributed by atoms with E-state index in [0.717, 1.165) is 0 Å². The Labute approximate surface area is 64.9 Å². The van der Waals surface area contributed by atoms with E-state index in [2.05, 4.69) is 24.3 Å². The van der Waals surface area contributed by atoms with E-state index >= 15 is 0 Å². The van der Waals surface area contributed by atoms with Crippen LogP contribution in [0, 0.1) is 11.3 Å². The van der Waals surface area contributed by atoms with Gasteiger partial charge in [-0.3, -0.25) is 0 Å². The number of fused-ring (bicyclic) bond motifs is 1. The second-order valence-corrected chi connectivity index (χ2v) is 2.14. The Balaban J connectivity index is 0.000000112. The molecule has 0 spiro atoms. The van der Waals surface area contributed by atoms with Crippen LogP contribution < -0.4 is 0 Å². The Kier molecular flexibility index (Phi) is 2.30. The fourth-order valence-corrected chi connectivity index (χ4v) is 0.676. The molecule has 0 bridgehead atoms. The summed E-state index contributed by atoms with van der Waals surface area (Å²) < 4.78 is 0. The Bertz CT molecular complexity index is 245. The number of halogens is 1. The third-order valence-corrected chi connectivity index (χ3v) is 1.29. The van der Waals surface area contributed by atoms with Gasteiger partial charge in [-0.2, -0.15) is 5.26 Å². The Hall–Kier alpha value is -1.00. The van der Waals surface area contributed by atoms with Crippen LogP contribution in [0.3, 0.4) is 0 Å². The van der Waals surface area contributed by atoms with E-state index in [1.165, 1.54) is 11.1 Å². The fourth-order valence-electron chi connectivity index (χ4n) is 0.676. The molecule has 0 saturated carbocycles. The van der Waals surface area contributed by atoms with Crippen LogP contribution in [-0.4, -0.2) is 5.88 Å². The smallest absolute Gasteiger partial charge is 0.109 e. The normalized spacial score (nSPS) is 8.80. The molecule has 2 aliphatic rings. The van der Waals surface area contributed by atoms with Crippen molar-refractivity contribution in [3.8, 4) is 17.2 Å². The lowest BCUT2D eigenvalue weighted by Gasteiger charge is -1.48. The standard InChI is InChI=1S/C6H4.C2H2ClN/c1-2-5-4-6(5)3-1;3-1-2-4/h1-4H;1H2. The van der Waals surface area contributed by atoms with Gasteiger partial charge < -0.3 is 0 Å². The highest BCUT2D eigenvalue weighted by Gasteiger charge is 2.06. The van der Waals surface area contributed by atoms with E-state index in [1.807, 2.05) is 0 Å². The molecule has 0 aromatic carbocycles. The van der Waals surface area contributed by atoms with Crippen molar-refractivity contribution < 1.29 is 0 Å². The third-order valence-electron chi connectivity index (χ3n) is 1.17. The number of hydrogen-bond donors (Lipinski definition) is 0. The highest BCUT2D eigenvalue weighted by molar-refractivity contribution is 6.19. The van der Waals surface area contributed by atoms with Gasteiger partial charge in [0.15, 0.2) is 0 Å². The van der Waals surface area contributed by atoms with Crippen molar-refractivity contribution in [3.63, 3.8) is 0 Å². The summed E-state index contributed by atoms with van der Waals surface area (Å²) in [7, 11) is 0. The highest BCUT2D eigenvalue weighted by atomic mass is 35.5. The molecule has 0 atom stereocenters. The first-order chi connectivity index (χ1) is 4.88. The van der Waals surface area contributed by atoms with Crippen LogP contribution >= 0.6 is 11.6 Å². The Morgan fingerprint density at radius 3 is 2.00 bits per heavy atom. The van der Waals surface area contributed by atoms with Gasteiger partial charge in [0.1, 0.15) is 5.88 Å². The number of nitrogens with zero attached hydrogens (tertiary/aromatic N) is 1. The minimum atomic E-state index is 0.0972. The molecular formula is C8H6ClN. The Morgan fingerprint density at radius 1 is 1.40 bits per heavy atom. The van der Waals surface area contributed by atoms with Gasteiger partial charge in [0.25, 0.3) is 0 Å². The summed E-state index contributed by atoms with van der Waals surface area (Å²) in [6, 6.07) is 10.2. The number of nitriles is 1. The minimum Gasteiger partial charge on any atom is -0.197 e. The first-order valence-electron chi connectivity index (χ1n) is 2.92. The van der Waals surface area contributed by atoms with Gasteiger partial charge >= 0.3 is 0 Å². The van der Waals surface area contributed by atoms with Crippen LogP contribution in [0.15, 0.2) is 24.3 Å². The number of rotatable bonds is 0. The zero-order valence-electron chi connectivity index (χ0n) is 5.34. The molecule has 10 heavy (non-hydrogen) atoms. The maximum absolute atomic E-state index is 7.49. The van der Waals surface area contributed by atoms with Crippen molar-refractivity contribution >= 4 is 11.6 Å². The van der Waals surface area contributed by atoms with Gasteiger partial charge in [0, 0.05) is 0 Å². The summed E-state index contributed by atoms with van der Waals surface area (Å²) in [5.74, 6) is 0.0972. The molecule has 2 aliphatic carbocycles. The molecule has 2 heteroatoms. The van der Waals surface area contributed by atoms with Gasteiger partial charge in [0.2, 0.25) is 0 Å². The summed E-state index contributed by atoms with van der Waals surface area (Å²) in [5.41, 5.74) is 2.85. The highest BCUT2D eigenvalue weighted by Crippen LogP contribution is 2.32. The monoisotopic (exact) mass is 151 g/mol. The fraction of sp³-hybridized carbons (Fsp3) is 0.125.